The van der Waals surface area contributed by atoms with Crippen LogP contribution < -0.4 is 25.2 Å². The topological polar surface area (TPSA) is 205 Å². The molecule has 1 aliphatic carbocycles. The fourth-order valence-corrected chi connectivity index (χ4v) is 9.11. The average molecular weight is 827 g/mol. The summed E-state index contributed by atoms with van der Waals surface area (Å²) >= 11 is 0. The first kappa shape index (κ1) is 42.5. The van der Waals surface area contributed by atoms with Gasteiger partial charge in [-0.3, -0.25) is 9.79 Å². The first-order valence-electron chi connectivity index (χ1n) is 19.4. The molecule has 0 bridgehead atoms. The summed E-state index contributed by atoms with van der Waals surface area (Å²) in [6, 6.07) is 21.4. The number of fused-ring (bicyclic) bond motifs is 4. The quantitative estimate of drug-likeness (QED) is 0.0433. The Bertz CT molecular complexity index is 2330. The van der Waals surface area contributed by atoms with Crippen molar-refractivity contribution in [2.24, 2.45) is 10.7 Å². The van der Waals surface area contributed by atoms with E-state index in [0.717, 1.165) is 33.4 Å². The molecule has 1 aliphatic heterocycles. The summed E-state index contributed by atoms with van der Waals surface area (Å²) in [5.74, 6) is -1.03. The predicted molar refractivity (Wildman–Crippen MR) is 221 cm³/mol. The maximum atomic E-state index is 13.7. The number of esters is 1. The van der Waals surface area contributed by atoms with Gasteiger partial charge < -0.3 is 35.1 Å². The zero-order valence-electron chi connectivity index (χ0n) is 33.8. The summed E-state index contributed by atoms with van der Waals surface area (Å²) in [6.07, 6.45) is -0.102. The maximum absolute atomic E-state index is 13.7. The largest absolute Gasteiger partial charge is 0.493 e. The summed E-state index contributed by atoms with van der Waals surface area (Å²) in [5.41, 5.74) is 13.2. The Balaban J connectivity index is 1.10. The molecule has 312 valence electrons. The SMILES string of the molecule is Cc1c(C)c(S(=O)(=O)NC(N)=NCCC[C@H](NC(=O)OCC2c3ccccc3-c3ccccc32)C(=O)OCc2ccc(OCCC(=O)O)cc2)c(C)c2c1OC(C)(C)C2. The standard InChI is InChI=1S/C44H50N4O10S/c1-26-27(2)40(28(3)35-23-44(4,5)58-39(26)35)59(53,54)48-42(45)46-21-10-15-37(41(51)56-24-29-16-18-30(19-17-29)55-22-20-38(49)50)47-43(52)57-25-36-33-13-8-6-11-31(33)32-12-7-9-14-34(32)36/h6-9,11-14,16-19,36-37H,10,15,20-25H2,1-5H3,(H,47,52)(H,49,50)(H3,45,46,48)/t37-/m0/s1. The third-order valence-electron chi connectivity index (χ3n) is 10.5. The lowest BCUT2D eigenvalue weighted by Crippen LogP contribution is -2.42. The third kappa shape index (κ3) is 9.97. The number of hydrogen-bond donors (Lipinski definition) is 4. The summed E-state index contributed by atoms with van der Waals surface area (Å²) in [5, 5.41) is 11.5. The van der Waals surface area contributed by atoms with E-state index in [1.54, 1.807) is 38.1 Å². The molecule has 0 unspecified atom stereocenters. The number of hydrogen-bond acceptors (Lipinski definition) is 10. The lowest BCUT2D eigenvalue weighted by molar-refractivity contribution is -0.147. The molecule has 0 spiro atoms. The van der Waals surface area contributed by atoms with Gasteiger partial charge in [-0.15, -0.1) is 0 Å². The molecule has 14 nitrogen and oxygen atoms in total. The van der Waals surface area contributed by atoms with Gasteiger partial charge in [0.15, 0.2) is 0 Å². The molecule has 4 aromatic rings. The number of amides is 1. The van der Waals surface area contributed by atoms with E-state index in [2.05, 4.69) is 15.0 Å². The zero-order valence-corrected chi connectivity index (χ0v) is 34.6. The molecule has 1 amide bonds. The van der Waals surface area contributed by atoms with Gasteiger partial charge in [0.05, 0.1) is 17.9 Å². The lowest BCUT2D eigenvalue weighted by Gasteiger charge is -2.19. The molecular formula is C44H50N4O10S. The van der Waals surface area contributed by atoms with Crippen LogP contribution in [0, 0.1) is 20.8 Å². The molecule has 4 aromatic carbocycles. The molecular weight excluding hydrogens is 777 g/mol. The number of aliphatic imine (C=N–C) groups is 1. The van der Waals surface area contributed by atoms with Gasteiger partial charge in [-0.2, -0.15) is 0 Å². The Morgan fingerprint density at radius 2 is 1.58 bits per heavy atom. The van der Waals surface area contributed by atoms with Crippen molar-refractivity contribution in [1.82, 2.24) is 10.0 Å². The monoisotopic (exact) mass is 826 g/mol. The second-order valence-electron chi connectivity index (χ2n) is 15.3. The minimum absolute atomic E-state index is 0.0105. The van der Waals surface area contributed by atoms with Crippen LogP contribution in [0.15, 0.2) is 82.7 Å². The molecule has 5 N–H and O–H groups in total. The lowest BCUT2D eigenvalue weighted by atomic mass is 9.94. The number of carbonyl (C=O) groups excluding carboxylic acids is 2. The van der Waals surface area contributed by atoms with Crippen LogP contribution in [0.1, 0.15) is 78.0 Å². The summed E-state index contributed by atoms with van der Waals surface area (Å²) in [7, 11) is -4.12. The van der Waals surface area contributed by atoms with E-state index >= 15 is 0 Å². The van der Waals surface area contributed by atoms with Crippen LogP contribution in [0.2, 0.25) is 0 Å². The van der Waals surface area contributed by atoms with Crippen molar-refractivity contribution in [1.29, 1.82) is 0 Å². The van der Waals surface area contributed by atoms with Crippen LogP contribution in [0.3, 0.4) is 0 Å². The molecule has 0 fully saturated rings. The number of nitrogens with zero attached hydrogens (tertiary/aromatic N) is 1. The minimum atomic E-state index is -4.12. The van der Waals surface area contributed by atoms with E-state index in [1.165, 1.54) is 0 Å². The number of carbonyl (C=O) groups is 3. The number of sulfonamides is 1. The number of nitrogens with one attached hydrogen (secondary N) is 2. The zero-order chi connectivity index (χ0) is 42.5. The van der Waals surface area contributed by atoms with Gasteiger partial charge in [0.25, 0.3) is 10.0 Å². The molecule has 6 rings (SSSR count). The Hall–Kier alpha value is -6.09. The second-order valence-corrected chi connectivity index (χ2v) is 17.0. The number of alkyl carbamates (subject to hydrolysis) is 1. The van der Waals surface area contributed by atoms with Gasteiger partial charge in [-0.05, 0) is 104 Å². The van der Waals surface area contributed by atoms with E-state index in [4.69, 9.17) is 29.8 Å². The van der Waals surface area contributed by atoms with Crippen molar-refractivity contribution in [3.63, 3.8) is 0 Å². The third-order valence-corrected chi connectivity index (χ3v) is 12.2. The number of carboxylic acids is 1. The molecule has 59 heavy (non-hydrogen) atoms. The highest BCUT2D eigenvalue weighted by molar-refractivity contribution is 7.90. The van der Waals surface area contributed by atoms with E-state index in [9.17, 15) is 22.8 Å². The minimum Gasteiger partial charge on any atom is -0.493 e. The van der Waals surface area contributed by atoms with E-state index < -0.39 is 39.7 Å². The number of aliphatic carboxylic acids is 1. The van der Waals surface area contributed by atoms with E-state index in [1.807, 2.05) is 69.3 Å². The van der Waals surface area contributed by atoms with Gasteiger partial charge in [0.1, 0.15) is 36.4 Å². The predicted octanol–water partition coefficient (Wildman–Crippen LogP) is 6.20. The summed E-state index contributed by atoms with van der Waals surface area (Å²) < 4.78 is 52.6. The molecule has 0 aromatic heterocycles. The number of ether oxygens (including phenoxy) is 4. The van der Waals surface area contributed by atoms with Crippen LogP contribution in [0.25, 0.3) is 11.1 Å². The smallest absolute Gasteiger partial charge is 0.407 e. The van der Waals surface area contributed by atoms with Crippen LogP contribution in [0.4, 0.5) is 4.79 Å². The van der Waals surface area contributed by atoms with Crippen molar-refractivity contribution >= 4 is 34.0 Å². The summed E-state index contributed by atoms with van der Waals surface area (Å²) in [4.78, 5) is 41.9. The molecule has 0 radical (unpaired) electrons. The fourth-order valence-electron chi connectivity index (χ4n) is 7.59. The van der Waals surface area contributed by atoms with Crippen LogP contribution >= 0.6 is 0 Å². The molecule has 15 heteroatoms. The van der Waals surface area contributed by atoms with Crippen molar-refractivity contribution < 1.29 is 46.9 Å². The van der Waals surface area contributed by atoms with Gasteiger partial charge in [-0.1, -0.05) is 60.7 Å². The van der Waals surface area contributed by atoms with Gasteiger partial charge in [0, 0.05) is 24.4 Å². The fraction of sp³-hybridized carbons (Fsp3) is 0.364. The Kier molecular flexibility index (Phi) is 12.8. The summed E-state index contributed by atoms with van der Waals surface area (Å²) in [6.45, 7) is 9.20. The van der Waals surface area contributed by atoms with Crippen LogP contribution in [-0.2, 0) is 42.1 Å². The molecule has 1 heterocycles. The molecule has 1 atom stereocenters. The Morgan fingerprint density at radius 1 is 0.932 bits per heavy atom. The molecule has 0 saturated carbocycles. The van der Waals surface area contributed by atoms with E-state index in [-0.39, 0.29) is 62.4 Å². The Morgan fingerprint density at radius 3 is 2.22 bits per heavy atom. The van der Waals surface area contributed by atoms with Crippen molar-refractivity contribution in [2.75, 3.05) is 19.8 Å². The van der Waals surface area contributed by atoms with Gasteiger partial charge >= 0.3 is 18.0 Å². The highest BCUT2D eigenvalue weighted by atomic mass is 32.2. The normalized spacial score (nSPS) is 14.6. The van der Waals surface area contributed by atoms with Crippen molar-refractivity contribution in [3.05, 3.63) is 112 Å². The second kappa shape index (κ2) is 17.8. The number of guanidine groups is 1. The van der Waals surface area contributed by atoms with Crippen molar-refractivity contribution in [2.45, 2.75) is 89.4 Å². The number of carboxylic acid groups (broad SMARTS) is 1. The van der Waals surface area contributed by atoms with Crippen molar-refractivity contribution in [3.8, 4) is 22.6 Å². The molecule has 0 saturated heterocycles. The first-order valence-corrected chi connectivity index (χ1v) is 20.9. The van der Waals surface area contributed by atoms with Crippen LogP contribution in [0.5, 0.6) is 11.5 Å². The number of rotatable bonds is 16. The van der Waals surface area contributed by atoms with Gasteiger partial charge in [0.2, 0.25) is 5.96 Å². The Labute approximate surface area is 344 Å². The van der Waals surface area contributed by atoms with Crippen LogP contribution in [-0.4, -0.2) is 68.9 Å². The van der Waals surface area contributed by atoms with E-state index in [0.29, 0.717) is 34.6 Å². The number of nitrogens with two attached hydrogens (primary N) is 1. The van der Waals surface area contributed by atoms with Gasteiger partial charge in [-0.25, -0.2) is 22.7 Å². The highest BCUT2D eigenvalue weighted by Crippen LogP contribution is 2.45. The highest BCUT2D eigenvalue weighted by Gasteiger charge is 2.37. The maximum Gasteiger partial charge on any atom is 0.407 e. The average Bonchev–Trinajstić information content (AvgIpc) is 3.70. The number of benzene rings is 4. The first-order chi connectivity index (χ1) is 28.0. The molecule has 2 aliphatic rings.